The Kier molecular flexibility index (Phi) is 2.22. The van der Waals surface area contributed by atoms with E-state index in [1.165, 1.54) is 12.1 Å². The van der Waals surface area contributed by atoms with Crippen molar-refractivity contribution in [3.05, 3.63) is 29.6 Å². The molecule has 1 aromatic carbocycles. The molecule has 0 aliphatic carbocycles. The van der Waals surface area contributed by atoms with Gasteiger partial charge in [-0.05, 0) is 24.6 Å². The standard InChI is InChI=1S/C12H11F3N2O/c1-7-16-9-3-2-8(4-10(9)17-7)11(5-18-6-11)12(13,14)15/h2-4H,5-6H2,1H3,(H,16,17). The van der Waals surface area contributed by atoms with Crippen molar-refractivity contribution in [1.29, 1.82) is 0 Å². The largest absolute Gasteiger partial charge is 0.402 e. The molecule has 1 aliphatic heterocycles. The number of imidazole rings is 1. The Balaban J connectivity index is 2.13. The molecule has 2 heterocycles. The number of rotatable bonds is 1. The lowest BCUT2D eigenvalue weighted by molar-refractivity contribution is -0.262. The van der Waals surface area contributed by atoms with Gasteiger partial charge in [-0.25, -0.2) is 4.98 Å². The zero-order valence-electron chi connectivity index (χ0n) is 9.64. The number of aryl methyl sites for hydroxylation is 1. The van der Waals surface area contributed by atoms with Gasteiger partial charge in [0.2, 0.25) is 0 Å². The number of aromatic amines is 1. The average molecular weight is 256 g/mol. The monoisotopic (exact) mass is 256 g/mol. The number of H-pyrrole nitrogens is 1. The molecule has 6 heteroatoms. The van der Waals surface area contributed by atoms with E-state index < -0.39 is 11.6 Å². The fourth-order valence-electron chi connectivity index (χ4n) is 2.24. The van der Waals surface area contributed by atoms with Crippen LogP contribution in [0.4, 0.5) is 13.2 Å². The summed E-state index contributed by atoms with van der Waals surface area (Å²) in [5.74, 6) is 0.688. The van der Waals surface area contributed by atoms with Crippen LogP contribution < -0.4 is 0 Å². The van der Waals surface area contributed by atoms with Crippen molar-refractivity contribution < 1.29 is 17.9 Å². The Morgan fingerprint density at radius 1 is 1.33 bits per heavy atom. The average Bonchev–Trinajstić information content (AvgIpc) is 2.52. The first-order valence-corrected chi connectivity index (χ1v) is 5.54. The number of nitrogens with zero attached hydrogens (tertiary/aromatic N) is 1. The SMILES string of the molecule is Cc1nc2ccc(C3(C(F)(F)F)COC3)cc2[nH]1. The van der Waals surface area contributed by atoms with Crippen LogP contribution in [-0.4, -0.2) is 29.4 Å². The molecule has 1 aromatic heterocycles. The Hall–Kier alpha value is -1.56. The highest BCUT2D eigenvalue weighted by molar-refractivity contribution is 5.76. The van der Waals surface area contributed by atoms with E-state index in [0.717, 1.165) is 0 Å². The van der Waals surface area contributed by atoms with Crippen LogP contribution in [-0.2, 0) is 10.2 Å². The molecule has 0 amide bonds. The van der Waals surface area contributed by atoms with Crippen molar-refractivity contribution in [2.24, 2.45) is 0 Å². The van der Waals surface area contributed by atoms with Crippen LogP contribution in [0.15, 0.2) is 18.2 Å². The topological polar surface area (TPSA) is 37.9 Å². The van der Waals surface area contributed by atoms with E-state index in [-0.39, 0.29) is 18.8 Å². The van der Waals surface area contributed by atoms with Crippen molar-refractivity contribution in [2.45, 2.75) is 18.5 Å². The van der Waals surface area contributed by atoms with Gasteiger partial charge in [0.05, 0.1) is 24.2 Å². The summed E-state index contributed by atoms with van der Waals surface area (Å²) in [6.45, 7) is 1.15. The predicted octanol–water partition coefficient (Wildman–Crippen LogP) is 2.70. The van der Waals surface area contributed by atoms with Crippen LogP contribution in [0.1, 0.15) is 11.4 Å². The molecule has 1 aliphatic rings. The number of nitrogens with one attached hydrogen (secondary N) is 1. The maximum Gasteiger partial charge on any atom is 0.402 e. The van der Waals surface area contributed by atoms with Gasteiger partial charge in [0.25, 0.3) is 0 Å². The molecule has 18 heavy (non-hydrogen) atoms. The van der Waals surface area contributed by atoms with Gasteiger partial charge < -0.3 is 9.72 Å². The predicted molar refractivity (Wildman–Crippen MR) is 59.4 cm³/mol. The third kappa shape index (κ3) is 1.45. The number of hydrogen-bond acceptors (Lipinski definition) is 2. The van der Waals surface area contributed by atoms with Crippen LogP contribution in [0.25, 0.3) is 11.0 Å². The van der Waals surface area contributed by atoms with Crippen LogP contribution >= 0.6 is 0 Å². The third-order valence-corrected chi connectivity index (χ3v) is 3.39. The van der Waals surface area contributed by atoms with Gasteiger partial charge in [0.15, 0.2) is 0 Å². The number of hydrogen-bond donors (Lipinski definition) is 1. The van der Waals surface area contributed by atoms with Gasteiger partial charge in [-0.15, -0.1) is 0 Å². The molecule has 2 aromatic rings. The molecular weight excluding hydrogens is 245 g/mol. The maximum atomic E-state index is 13.1. The van der Waals surface area contributed by atoms with Crippen LogP contribution in [0, 0.1) is 6.92 Å². The quantitative estimate of drug-likeness (QED) is 0.851. The highest BCUT2D eigenvalue weighted by Crippen LogP contribution is 2.46. The molecule has 0 spiro atoms. The summed E-state index contributed by atoms with van der Waals surface area (Å²) in [5.41, 5.74) is -0.327. The van der Waals surface area contributed by atoms with Crippen molar-refractivity contribution in [3.8, 4) is 0 Å². The van der Waals surface area contributed by atoms with Gasteiger partial charge in [-0.3, -0.25) is 0 Å². The maximum absolute atomic E-state index is 13.1. The Morgan fingerprint density at radius 2 is 2.06 bits per heavy atom. The summed E-state index contributed by atoms with van der Waals surface area (Å²) in [5, 5.41) is 0. The first-order chi connectivity index (χ1) is 8.42. The first-order valence-electron chi connectivity index (χ1n) is 5.54. The van der Waals surface area contributed by atoms with Crippen LogP contribution in [0.3, 0.4) is 0 Å². The van der Waals surface area contributed by atoms with Crippen molar-refractivity contribution in [3.63, 3.8) is 0 Å². The number of fused-ring (bicyclic) bond motifs is 1. The third-order valence-electron chi connectivity index (χ3n) is 3.39. The summed E-state index contributed by atoms with van der Waals surface area (Å²) >= 11 is 0. The molecule has 0 radical (unpaired) electrons. The lowest BCUT2D eigenvalue weighted by Crippen LogP contribution is -2.57. The molecule has 3 rings (SSSR count). The number of ether oxygens (including phenoxy) is 1. The minimum atomic E-state index is -4.30. The zero-order chi connectivity index (χ0) is 13.0. The summed E-state index contributed by atoms with van der Waals surface area (Å²) < 4.78 is 44.2. The van der Waals surface area contributed by atoms with Gasteiger partial charge in [0, 0.05) is 0 Å². The molecule has 1 N–H and O–H groups in total. The number of halogens is 3. The molecule has 0 saturated carbocycles. The Bertz CT molecular complexity index is 599. The molecule has 96 valence electrons. The highest BCUT2D eigenvalue weighted by atomic mass is 19.4. The van der Waals surface area contributed by atoms with E-state index in [1.54, 1.807) is 13.0 Å². The molecule has 0 unspecified atom stereocenters. The van der Waals surface area contributed by atoms with Crippen LogP contribution in [0.5, 0.6) is 0 Å². The van der Waals surface area contributed by atoms with E-state index in [1.807, 2.05) is 0 Å². The highest BCUT2D eigenvalue weighted by Gasteiger charge is 2.61. The summed E-state index contributed by atoms with van der Waals surface area (Å²) in [6, 6.07) is 4.62. The van der Waals surface area contributed by atoms with Gasteiger partial charge >= 0.3 is 6.18 Å². The summed E-state index contributed by atoms with van der Waals surface area (Å²) in [7, 11) is 0. The molecule has 1 fully saturated rings. The summed E-state index contributed by atoms with van der Waals surface area (Å²) in [4.78, 5) is 7.13. The summed E-state index contributed by atoms with van der Waals surface area (Å²) in [6.07, 6.45) is -4.30. The van der Waals surface area contributed by atoms with Gasteiger partial charge in [-0.2, -0.15) is 13.2 Å². The van der Waals surface area contributed by atoms with Crippen molar-refractivity contribution in [2.75, 3.05) is 13.2 Å². The van der Waals surface area contributed by atoms with E-state index in [0.29, 0.717) is 16.9 Å². The number of aromatic nitrogens is 2. The van der Waals surface area contributed by atoms with E-state index >= 15 is 0 Å². The van der Waals surface area contributed by atoms with E-state index in [2.05, 4.69) is 9.97 Å². The smallest absolute Gasteiger partial charge is 0.379 e. The minimum absolute atomic E-state index is 0.234. The Labute approximate surface area is 101 Å². The van der Waals surface area contributed by atoms with Gasteiger partial charge in [-0.1, -0.05) is 6.07 Å². The van der Waals surface area contributed by atoms with Crippen molar-refractivity contribution in [1.82, 2.24) is 9.97 Å². The molecule has 0 bridgehead atoms. The number of alkyl halides is 3. The Morgan fingerprint density at radius 3 is 2.61 bits per heavy atom. The lowest BCUT2D eigenvalue weighted by atomic mass is 9.78. The van der Waals surface area contributed by atoms with Gasteiger partial charge in [0.1, 0.15) is 11.2 Å². The second kappa shape index (κ2) is 3.47. The number of benzene rings is 1. The first kappa shape index (κ1) is 11.5. The molecule has 1 saturated heterocycles. The minimum Gasteiger partial charge on any atom is -0.379 e. The van der Waals surface area contributed by atoms with Crippen molar-refractivity contribution >= 4 is 11.0 Å². The molecular formula is C12H11F3N2O. The molecule has 0 atom stereocenters. The fraction of sp³-hybridized carbons (Fsp3) is 0.417. The lowest BCUT2D eigenvalue weighted by Gasteiger charge is -2.42. The second-order valence-corrected chi connectivity index (χ2v) is 4.63. The second-order valence-electron chi connectivity index (χ2n) is 4.63. The van der Waals surface area contributed by atoms with Crippen LogP contribution in [0.2, 0.25) is 0 Å². The van der Waals surface area contributed by atoms with E-state index in [9.17, 15) is 13.2 Å². The van der Waals surface area contributed by atoms with E-state index in [4.69, 9.17) is 4.74 Å². The zero-order valence-corrected chi connectivity index (χ0v) is 9.64. The molecule has 3 nitrogen and oxygen atoms in total. The normalized spacial score (nSPS) is 18.9. The fourth-order valence-corrected chi connectivity index (χ4v) is 2.24.